The summed E-state index contributed by atoms with van der Waals surface area (Å²) in [6, 6.07) is 7.15. The Bertz CT molecular complexity index is 626. The Kier molecular flexibility index (Phi) is 4.02. The molecule has 2 rings (SSSR count). The summed E-state index contributed by atoms with van der Waals surface area (Å²) in [6.07, 6.45) is -0.257. The number of pyridine rings is 1. The van der Waals surface area contributed by atoms with Crippen molar-refractivity contribution < 1.29 is 14.3 Å². The third-order valence-corrected chi connectivity index (χ3v) is 2.86. The first-order valence-electron chi connectivity index (χ1n) is 5.29. The van der Waals surface area contributed by atoms with E-state index in [1.54, 1.807) is 12.1 Å². The van der Waals surface area contributed by atoms with Crippen LogP contribution in [0.1, 0.15) is 5.56 Å². The third kappa shape index (κ3) is 3.43. The average Bonchev–Trinajstić information content (AvgIpc) is 2.29. The number of rotatable bonds is 3. The SMILES string of the molecule is O=C(O)Cc1ccc(F)nc1-c1cc(Cl)cc(Cl)c1. The summed E-state index contributed by atoms with van der Waals surface area (Å²) in [7, 11) is 0. The molecular formula is C13H8Cl2FNO2. The topological polar surface area (TPSA) is 50.2 Å². The Hall–Kier alpha value is -1.65. The molecule has 1 aromatic carbocycles. The van der Waals surface area contributed by atoms with Crippen molar-refractivity contribution in [2.45, 2.75) is 6.42 Å². The van der Waals surface area contributed by atoms with Gasteiger partial charge in [0, 0.05) is 15.6 Å². The van der Waals surface area contributed by atoms with Gasteiger partial charge in [0.05, 0.1) is 12.1 Å². The molecular weight excluding hydrogens is 292 g/mol. The second kappa shape index (κ2) is 5.55. The quantitative estimate of drug-likeness (QED) is 0.877. The summed E-state index contributed by atoms with van der Waals surface area (Å²) < 4.78 is 13.2. The van der Waals surface area contributed by atoms with Gasteiger partial charge >= 0.3 is 5.97 Å². The number of carboxylic acids is 1. The summed E-state index contributed by atoms with van der Waals surface area (Å²) in [6.45, 7) is 0. The molecule has 0 amide bonds. The van der Waals surface area contributed by atoms with Gasteiger partial charge in [0.2, 0.25) is 5.95 Å². The van der Waals surface area contributed by atoms with E-state index >= 15 is 0 Å². The van der Waals surface area contributed by atoms with Crippen LogP contribution >= 0.6 is 23.2 Å². The fourth-order valence-electron chi connectivity index (χ4n) is 1.71. The monoisotopic (exact) mass is 299 g/mol. The van der Waals surface area contributed by atoms with Gasteiger partial charge in [0.25, 0.3) is 0 Å². The molecule has 0 spiro atoms. The first-order chi connectivity index (χ1) is 8.95. The Morgan fingerprint density at radius 1 is 1.21 bits per heavy atom. The van der Waals surface area contributed by atoms with Crippen molar-refractivity contribution in [2.24, 2.45) is 0 Å². The number of carbonyl (C=O) groups is 1. The first kappa shape index (κ1) is 13.8. The van der Waals surface area contributed by atoms with Gasteiger partial charge in [-0.2, -0.15) is 4.39 Å². The standard InChI is InChI=1S/C13H8Cl2FNO2/c14-9-3-8(4-10(15)6-9)13-7(5-12(18)19)1-2-11(16)17-13/h1-4,6H,5H2,(H,18,19). The zero-order valence-electron chi connectivity index (χ0n) is 9.53. The predicted molar refractivity (Wildman–Crippen MR) is 71.0 cm³/mol. The van der Waals surface area contributed by atoms with Crippen LogP contribution in [0, 0.1) is 5.95 Å². The molecule has 0 aliphatic carbocycles. The lowest BCUT2D eigenvalue weighted by atomic mass is 10.0. The van der Waals surface area contributed by atoms with E-state index in [0.29, 0.717) is 21.2 Å². The number of aromatic nitrogens is 1. The van der Waals surface area contributed by atoms with E-state index in [1.807, 2.05) is 0 Å². The number of hydrogen-bond acceptors (Lipinski definition) is 2. The van der Waals surface area contributed by atoms with Crippen LogP contribution in [0.15, 0.2) is 30.3 Å². The van der Waals surface area contributed by atoms with E-state index in [0.717, 1.165) is 6.07 Å². The Labute approximate surface area is 118 Å². The molecule has 2 aromatic rings. The van der Waals surface area contributed by atoms with Crippen LogP contribution in [0.5, 0.6) is 0 Å². The Morgan fingerprint density at radius 3 is 2.42 bits per heavy atom. The zero-order chi connectivity index (χ0) is 14.0. The van der Waals surface area contributed by atoms with Crippen LogP contribution in [0.25, 0.3) is 11.3 Å². The number of carboxylic acid groups (broad SMARTS) is 1. The van der Waals surface area contributed by atoms with Crippen molar-refractivity contribution in [1.29, 1.82) is 0 Å². The molecule has 1 aromatic heterocycles. The molecule has 0 atom stereocenters. The molecule has 1 heterocycles. The second-order valence-electron chi connectivity index (χ2n) is 3.87. The van der Waals surface area contributed by atoms with Crippen molar-refractivity contribution in [3.8, 4) is 11.3 Å². The predicted octanol–water partition coefficient (Wildman–Crippen LogP) is 3.82. The van der Waals surface area contributed by atoms with Crippen molar-refractivity contribution in [1.82, 2.24) is 4.98 Å². The van der Waals surface area contributed by atoms with Gasteiger partial charge < -0.3 is 5.11 Å². The second-order valence-corrected chi connectivity index (χ2v) is 4.74. The molecule has 3 nitrogen and oxygen atoms in total. The highest BCUT2D eigenvalue weighted by Gasteiger charge is 2.12. The lowest BCUT2D eigenvalue weighted by Gasteiger charge is -2.08. The zero-order valence-corrected chi connectivity index (χ0v) is 11.0. The Balaban J connectivity index is 2.58. The van der Waals surface area contributed by atoms with Gasteiger partial charge in [0.15, 0.2) is 0 Å². The highest BCUT2D eigenvalue weighted by Crippen LogP contribution is 2.28. The largest absolute Gasteiger partial charge is 0.481 e. The molecule has 0 fully saturated rings. The fraction of sp³-hybridized carbons (Fsp3) is 0.0769. The van der Waals surface area contributed by atoms with Gasteiger partial charge in [-0.3, -0.25) is 4.79 Å². The summed E-state index contributed by atoms with van der Waals surface area (Å²) in [5.74, 6) is -1.72. The average molecular weight is 300 g/mol. The normalized spacial score (nSPS) is 10.5. The highest BCUT2D eigenvalue weighted by molar-refractivity contribution is 6.35. The van der Waals surface area contributed by atoms with E-state index in [1.165, 1.54) is 12.1 Å². The Morgan fingerprint density at radius 2 is 1.84 bits per heavy atom. The van der Waals surface area contributed by atoms with Crippen LogP contribution in [0.2, 0.25) is 10.0 Å². The molecule has 6 heteroatoms. The summed E-state index contributed by atoms with van der Waals surface area (Å²) >= 11 is 11.8. The fourth-order valence-corrected chi connectivity index (χ4v) is 2.24. The van der Waals surface area contributed by atoms with E-state index in [9.17, 15) is 9.18 Å². The van der Waals surface area contributed by atoms with E-state index in [-0.39, 0.29) is 12.1 Å². The number of halogens is 3. The van der Waals surface area contributed by atoms with E-state index in [4.69, 9.17) is 28.3 Å². The van der Waals surface area contributed by atoms with Crippen LogP contribution in [-0.2, 0) is 11.2 Å². The minimum Gasteiger partial charge on any atom is -0.481 e. The first-order valence-corrected chi connectivity index (χ1v) is 6.05. The van der Waals surface area contributed by atoms with Crippen LogP contribution in [-0.4, -0.2) is 16.1 Å². The number of hydrogen-bond donors (Lipinski definition) is 1. The minimum atomic E-state index is -1.03. The molecule has 0 radical (unpaired) electrons. The van der Waals surface area contributed by atoms with Crippen molar-refractivity contribution in [2.75, 3.05) is 0 Å². The molecule has 1 N–H and O–H groups in total. The molecule has 98 valence electrons. The van der Waals surface area contributed by atoms with Crippen molar-refractivity contribution in [3.05, 3.63) is 51.9 Å². The van der Waals surface area contributed by atoms with Gasteiger partial charge in [0.1, 0.15) is 0 Å². The lowest BCUT2D eigenvalue weighted by Crippen LogP contribution is -2.04. The maximum atomic E-state index is 13.2. The van der Waals surface area contributed by atoms with Gasteiger partial charge in [-0.15, -0.1) is 0 Å². The van der Waals surface area contributed by atoms with Crippen molar-refractivity contribution in [3.63, 3.8) is 0 Å². The summed E-state index contributed by atoms with van der Waals surface area (Å²) in [5.41, 5.74) is 1.10. The van der Waals surface area contributed by atoms with Crippen LogP contribution in [0.4, 0.5) is 4.39 Å². The highest BCUT2D eigenvalue weighted by atomic mass is 35.5. The van der Waals surface area contributed by atoms with Gasteiger partial charge in [-0.05, 0) is 29.8 Å². The van der Waals surface area contributed by atoms with E-state index in [2.05, 4.69) is 4.98 Å². The summed E-state index contributed by atoms with van der Waals surface area (Å²) in [5, 5.41) is 9.58. The van der Waals surface area contributed by atoms with Crippen LogP contribution < -0.4 is 0 Å². The van der Waals surface area contributed by atoms with Crippen LogP contribution in [0.3, 0.4) is 0 Å². The van der Waals surface area contributed by atoms with E-state index < -0.39 is 11.9 Å². The maximum Gasteiger partial charge on any atom is 0.307 e. The molecule has 19 heavy (non-hydrogen) atoms. The van der Waals surface area contributed by atoms with Gasteiger partial charge in [-0.25, -0.2) is 4.98 Å². The molecule has 0 bridgehead atoms. The molecule has 0 aliphatic rings. The molecule has 0 unspecified atom stereocenters. The number of nitrogens with zero attached hydrogens (tertiary/aromatic N) is 1. The summed E-state index contributed by atoms with van der Waals surface area (Å²) in [4.78, 5) is 14.5. The third-order valence-electron chi connectivity index (χ3n) is 2.42. The maximum absolute atomic E-state index is 13.2. The number of aliphatic carboxylic acids is 1. The molecule has 0 saturated heterocycles. The van der Waals surface area contributed by atoms with Gasteiger partial charge in [-0.1, -0.05) is 29.3 Å². The lowest BCUT2D eigenvalue weighted by molar-refractivity contribution is -0.136. The molecule has 0 aliphatic heterocycles. The van der Waals surface area contributed by atoms with Crippen molar-refractivity contribution >= 4 is 29.2 Å². The molecule has 0 saturated carbocycles. The minimum absolute atomic E-state index is 0.229. The smallest absolute Gasteiger partial charge is 0.307 e. The number of benzene rings is 1.